The number of carboxylic acids is 1. The summed E-state index contributed by atoms with van der Waals surface area (Å²) in [6.07, 6.45) is 4.29. The van der Waals surface area contributed by atoms with Gasteiger partial charge in [-0.1, -0.05) is 12.1 Å². The smallest absolute Gasteiger partial charge is 0.317 e. The Bertz CT molecular complexity index is 614. The van der Waals surface area contributed by atoms with Crippen molar-refractivity contribution >= 4 is 5.97 Å². The highest BCUT2D eigenvalue weighted by Crippen LogP contribution is 2.16. The van der Waals surface area contributed by atoms with Gasteiger partial charge in [0.2, 0.25) is 0 Å². The molecule has 1 atom stereocenters. The third-order valence-corrected chi connectivity index (χ3v) is 3.75. The van der Waals surface area contributed by atoms with E-state index in [2.05, 4.69) is 4.98 Å². The van der Waals surface area contributed by atoms with E-state index >= 15 is 0 Å². The molecule has 1 aromatic heterocycles. The molecular formula is C18H22N2O3. The van der Waals surface area contributed by atoms with Gasteiger partial charge in [0.25, 0.3) is 0 Å². The van der Waals surface area contributed by atoms with Gasteiger partial charge in [0.05, 0.1) is 6.54 Å². The Morgan fingerprint density at radius 2 is 1.83 bits per heavy atom. The molecule has 1 N–H and O–H groups in total. The maximum absolute atomic E-state index is 10.7. The van der Waals surface area contributed by atoms with E-state index in [1.807, 2.05) is 55.3 Å². The predicted octanol–water partition coefficient (Wildman–Crippen LogP) is 2.61. The van der Waals surface area contributed by atoms with Crippen LogP contribution in [-0.2, 0) is 17.8 Å². The number of aromatic nitrogens is 1. The van der Waals surface area contributed by atoms with Crippen molar-refractivity contribution in [3.8, 4) is 5.75 Å². The molecule has 0 spiro atoms. The number of nitrogens with zero attached hydrogens (tertiary/aromatic N) is 2. The molecule has 1 heterocycles. The fraction of sp³-hybridized carbons (Fsp3) is 0.333. The van der Waals surface area contributed by atoms with Gasteiger partial charge in [0.1, 0.15) is 12.4 Å². The van der Waals surface area contributed by atoms with Gasteiger partial charge in [-0.15, -0.1) is 0 Å². The first-order valence-electron chi connectivity index (χ1n) is 7.57. The van der Waals surface area contributed by atoms with E-state index in [1.54, 1.807) is 12.4 Å². The van der Waals surface area contributed by atoms with Crippen molar-refractivity contribution < 1.29 is 14.6 Å². The first-order chi connectivity index (χ1) is 11.0. The minimum Gasteiger partial charge on any atom is -0.489 e. The average molecular weight is 314 g/mol. The highest BCUT2D eigenvalue weighted by atomic mass is 16.5. The molecule has 1 unspecified atom stereocenters. The molecule has 0 aliphatic heterocycles. The number of rotatable bonds is 8. The van der Waals surface area contributed by atoms with Crippen molar-refractivity contribution in [1.29, 1.82) is 0 Å². The summed E-state index contributed by atoms with van der Waals surface area (Å²) >= 11 is 0. The van der Waals surface area contributed by atoms with E-state index in [9.17, 15) is 4.79 Å². The van der Waals surface area contributed by atoms with Crippen LogP contribution >= 0.6 is 0 Å². The van der Waals surface area contributed by atoms with E-state index in [-0.39, 0.29) is 12.6 Å². The van der Waals surface area contributed by atoms with Crippen LogP contribution in [0.25, 0.3) is 0 Å². The van der Waals surface area contributed by atoms with Gasteiger partial charge in [0.15, 0.2) is 0 Å². The second-order valence-electron chi connectivity index (χ2n) is 5.65. The minimum absolute atomic E-state index is 0.0499. The molecule has 0 fully saturated rings. The summed E-state index contributed by atoms with van der Waals surface area (Å²) < 4.78 is 5.74. The van der Waals surface area contributed by atoms with Crippen LogP contribution in [-0.4, -0.2) is 40.6 Å². The molecule has 2 rings (SSSR count). The normalized spacial score (nSPS) is 12.1. The standard InChI is InChI=1S/C18H22N2O3/c1-14(20(2)12-18(21)22)11-15-3-5-17(6-4-15)23-13-16-7-9-19-10-8-16/h3-10,14H,11-13H2,1-2H3,(H,21,22). The molecule has 1 aromatic carbocycles. The van der Waals surface area contributed by atoms with Gasteiger partial charge in [-0.2, -0.15) is 0 Å². The Morgan fingerprint density at radius 1 is 1.17 bits per heavy atom. The van der Waals surface area contributed by atoms with Crippen molar-refractivity contribution in [2.45, 2.75) is 26.0 Å². The maximum Gasteiger partial charge on any atom is 0.317 e. The fourth-order valence-electron chi connectivity index (χ4n) is 2.23. The Morgan fingerprint density at radius 3 is 2.43 bits per heavy atom. The molecule has 0 aliphatic carbocycles. The third kappa shape index (κ3) is 5.71. The second-order valence-corrected chi connectivity index (χ2v) is 5.65. The number of carbonyl (C=O) groups is 1. The van der Waals surface area contributed by atoms with Crippen LogP contribution in [0, 0.1) is 0 Å². The zero-order valence-electron chi connectivity index (χ0n) is 13.5. The van der Waals surface area contributed by atoms with Crippen LogP contribution in [0.5, 0.6) is 5.75 Å². The second kappa shape index (κ2) is 8.29. The average Bonchev–Trinajstić information content (AvgIpc) is 2.54. The fourth-order valence-corrected chi connectivity index (χ4v) is 2.23. The van der Waals surface area contributed by atoms with Gasteiger partial charge in [-0.25, -0.2) is 0 Å². The topological polar surface area (TPSA) is 62.7 Å². The van der Waals surface area contributed by atoms with E-state index in [0.29, 0.717) is 6.61 Å². The van der Waals surface area contributed by atoms with Gasteiger partial charge < -0.3 is 9.84 Å². The molecule has 0 saturated heterocycles. The Labute approximate surface area is 136 Å². The molecule has 0 amide bonds. The van der Waals surface area contributed by atoms with Crippen LogP contribution in [0.1, 0.15) is 18.1 Å². The van der Waals surface area contributed by atoms with Gasteiger partial charge in [-0.3, -0.25) is 14.7 Å². The lowest BCUT2D eigenvalue weighted by Crippen LogP contribution is -2.35. The summed E-state index contributed by atoms with van der Waals surface area (Å²) in [4.78, 5) is 16.5. The zero-order chi connectivity index (χ0) is 16.7. The highest BCUT2D eigenvalue weighted by Gasteiger charge is 2.12. The summed E-state index contributed by atoms with van der Waals surface area (Å²) in [6, 6.07) is 11.9. The van der Waals surface area contributed by atoms with Gasteiger partial charge in [0, 0.05) is 18.4 Å². The number of likely N-dealkylation sites (N-methyl/N-ethyl adjacent to an activating group) is 1. The van der Waals surface area contributed by atoms with E-state index in [0.717, 1.165) is 23.3 Å². The largest absolute Gasteiger partial charge is 0.489 e. The molecule has 122 valence electrons. The number of carboxylic acid groups (broad SMARTS) is 1. The van der Waals surface area contributed by atoms with E-state index in [1.165, 1.54) is 0 Å². The molecule has 0 saturated carbocycles. The van der Waals surface area contributed by atoms with E-state index in [4.69, 9.17) is 9.84 Å². The van der Waals surface area contributed by atoms with Crippen LogP contribution in [0.2, 0.25) is 0 Å². The molecule has 5 heteroatoms. The molecule has 0 bridgehead atoms. The summed E-state index contributed by atoms with van der Waals surface area (Å²) in [5.74, 6) is 0.0105. The van der Waals surface area contributed by atoms with Gasteiger partial charge in [-0.05, 0) is 55.8 Å². The molecular weight excluding hydrogens is 292 g/mol. The lowest BCUT2D eigenvalue weighted by atomic mass is 10.1. The Kier molecular flexibility index (Phi) is 6.11. The van der Waals surface area contributed by atoms with Crippen LogP contribution in [0.3, 0.4) is 0 Å². The molecule has 0 aliphatic rings. The first kappa shape index (κ1) is 17.0. The number of aliphatic carboxylic acids is 1. The van der Waals surface area contributed by atoms with Crippen molar-refractivity contribution in [1.82, 2.24) is 9.88 Å². The van der Waals surface area contributed by atoms with Crippen molar-refractivity contribution in [3.63, 3.8) is 0 Å². The third-order valence-electron chi connectivity index (χ3n) is 3.75. The van der Waals surface area contributed by atoms with Crippen molar-refractivity contribution in [2.24, 2.45) is 0 Å². The predicted molar refractivity (Wildman–Crippen MR) is 88.4 cm³/mol. The number of pyridine rings is 1. The minimum atomic E-state index is -0.806. The monoisotopic (exact) mass is 314 g/mol. The van der Waals surface area contributed by atoms with Crippen LogP contribution < -0.4 is 4.74 Å². The first-order valence-corrected chi connectivity index (χ1v) is 7.57. The zero-order valence-corrected chi connectivity index (χ0v) is 13.5. The maximum atomic E-state index is 10.7. The number of hydrogen-bond donors (Lipinski definition) is 1. The Balaban J connectivity index is 1.85. The highest BCUT2D eigenvalue weighted by molar-refractivity contribution is 5.69. The molecule has 2 aromatic rings. The SMILES string of the molecule is CC(Cc1ccc(OCc2ccncc2)cc1)N(C)CC(=O)O. The van der Waals surface area contributed by atoms with Crippen LogP contribution in [0.4, 0.5) is 0 Å². The van der Waals surface area contributed by atoms with Crippen LogP contribution in [0.15, 0.2) is 48.8 Å². The lowest BCUT2D eigenvalue weighted by molar-refractivity contribution is -0.138. The summed E-state index contributed by atoms with van der Waals surface area (Å²) in [5, 5.41) is 8.83. The molecule has 0 radical (unpaired) electrons. The number of benzene rings is 1. The molecule has 23 heavy (non-hydrogen) atoms. The lowest BCUT2D eigenvalue weighted by Gasteiger charge is -2.22. The van der Waals surface area contributed by atoms with Gasteiger partial charge >= 0.3 is 5.97 Å². The number of ether oxygens (including phenoxy) is 1. The van der Waals surface area contributed by atoms with Crippen molar-refractivity contribution in [3.05, 3.63) is 59.9 Å². The number of hydrogen-bond acceptors (Lipinski definition) is 4. The summed E-state index contributed by atoms with van der Waals surface area (Å²) in [7, 11) is 1.82. The summed E-state index contributed by atoms with van der Waals surface area (Å²) in [6.45, 7) is 2.59. The van der Waals surface area contributed by atoms with E-state index < -0.39 is 5.97 Å². The quantitative estimate of drug-likeness (QED) is 0.811. The molecule has 5 nitrogen and oxygen atoms in total. The Hall–Kier alpha value is -2.40. The summed E-state index contributed by atoms with van der Waals surface area (Å²) in [5.41, 5.74) is 2.24. The van der Waals surface area contributed by atoms with Crippen molar-refractivity contribution in [2.75, 3.05) is 13.6 Å².